The van der Waals surface area contributed by atoms with Crippen molar-refractivity contribution >= 4 is 27.0 Å². The van der Waals surface area contributed by atoms with E-state index in [0.29, 0.717) is 22.6 Å². The summed E-state index contributed by atoms with van der Waals surface area (Å²) in [6, 6.07) is 12.1. The van der Waals surface area contributed by atoms with Crippen molar-refractivity contribution in [1.29, 1.82) is 0 Å². The van der Waals surface area contributed by atoms with Crippen molar-refractivity contribution in [2.24, 2.45) is 4.36 Å². The third-order valence-electron chi connectivity index (χ3n) is 6.51. The van der Waals surface area contributed by atoms with Crippen LogP contribution in [-0.2, 0) is 9.73 Å². The molecule has 3 aromatic heterocycles. The van der Waals surface area contributed by atoms with E-state index in [4.69, 9.17) is 11.6 Å². The predicted octanol–water partition coefficient (Wildman–Crippen LogP) is 6.33. The van der Waals surface area contributed by atoms with Gasteiger partial charge in [0, 0.05) is 45.9 Å². The zero-order chi connectivity index (χ0) is 26.5. The predicted molar refractivity (Wildman–Crippen MR) is 146 cm³/mol. The van der Waals surface area contributed by atoms with Crippen LogP contribution in [0.4, 0.5) is 10.1 Å². The van der Waals surface area contributed by atoms with Crippen LogP contribution in [0.25, 0.3) is 16.9 Å². The highest BCUT2D eigenvalue weighted by molar-refractivity contribution is 7.92. The molecule has 3 heterocycles. The summed E-state index contributed by atoms with van der Waals surface area (Å²) in [5.74, 6) is 0.0722. The van der Waals surface area contributed by atoms with Crippen LogP contribution >= 0.6 is 11.6 Å². The molecular weight excluding hydrogens is 511 g/mol. The summed E-state index contributed by atoms with van der Waals surface area (Å²) in [5, 5.41) is 0.195. The van der Waals surface area contributed by atoms with Crippen molar-refractivity contribution in [3.63, 3.8) is 0 Å². The van der Waals surface area contributed by atoms with Gasteiger partial charge in [0.1, 0.15) is 10.8 Å². The maximum Gasteiger partial charge on any atom is 0.274 e. The fourth-order valence-electron chi connectivity index (χ4n) is 4.70. The zero-order valence-electron chi connectivity index (χ0n) is 20.9. The Morgan fingerprint density at radius 1 is 1.05 bits per heavy atom. The monoisotopic (exact) mass is 536 g/mol. The molecule has 37 heavy (non-hydrogen) atoms. The summed E-state index contributed by atoms with van der Waals surface area (Å²) in [4.78, 5) is 22.3. The molecule has 1 aromatic carbocycles. The Balaban J connectivity index is 1.53. The highest BCUT2D eigenvalue weighted by atomic mass is 35.5. The summed E-state index contributed by atoms with van der Waals surface area (Å²) in [7, 11) is -2.34. The van der Waals surface area contributed by atoms with Crippen LogP contribution in [-0.4, -0.2) is 31.3 Å². The highest BCUT2D eigenvalue weighted by Gasteiger charge is 2.41. The van der Waals surface area contributed by atoms with Gasteiger partial charge in [-0.1, -0.05) is 23.7 Å². The van der Waals surface area contributed by atoms with Crippen LogP contribution in [0.2, 0.25) is 5.02 Å². The standard InChI is InChI=1S/C28H26ClFN4O2S/c1-16-13-32-25(19-10-21(15-31-14-19)33-37(3,4)36)12-26(16)34-17(2)9-24(27(29)28(34)35)23-11-22(23)18-5-7-20(30)8-6-18/h5-10,12-15,22-23H,11H2,1-4H3/t22-,23+/m1/s1. The number of nitrogens with zero attached hydrogens (tertiary/aromatic N) is 4. The summed E-state index contributed by atoms with van der Waals surface area (Å²) in [5.41, 5.74) is 5.61. The van der Waals surface area contributed by atoms with Gasteiger partial charge in [-0.3, -0.25) is 19.3 Å². The van der Waals surface area contributed by atoms with Crippen LogP contribution in [0.1, 0.15) is 40.6 Å². The quantitative estimate of drug-likeness (QED) is 0.298. The average Bonchev–Trinajstić information content (AvgIpc) is 3.63. The molecule has 5 rings (SSSR count). The van der Waals surface area contributed by atoms with Crippen LogP contribution in [0.3, 0.4) is 0 Å². The second kappa shape index (κ2) is 9.50. The van der Waals surface area contributed by atoms with Crippen molar-refractivity contribution in [3.8, 4) is 16.9 Å². The molecule has 0 unspecified atom stereocenters. The van der Waals surface area contributed by atoms with E-state index in [1.54, 1.807) is 53.9 Å². The molecule has 0 bridgehead atoms. The number of rotatable bonds is 5. The number of halogens is 2. The van der Waals surface area contributed by atoms with Crippen molar-refractivity contribution < 1.29 is 8.60 Å². The molecule has 0 saturated heterocycles. The fourth-order valence-corrected chi connectivity index (χ4v) is 5.59. The summed E-state index contributed by atoms with van der Waals surface area (Å²) >= 11 is 6.67. The lowest BCUT2D eigenvalue weighted by Gasteiger charge is -2.16. The number of pyridine rings is 3. The Hall–Kier alpha value is -3.36. The maximum atomic E-state index is 13.5. The lowest BCUT2D eigenvalue weighted by molar-refractivity contribution is 0.627. The number of hydrogen-bond acceptors (Lipinski definition) is 5. The summed E-state index contributed by atoms with van der Waals surface area (Å²) < 4.78 is 31.3. The zero-order valence-corrected chi connectivity index (χ0v) is 22.5. The van der Waals surface area contributed by atoms with Gasteiger partial charge in [0.05, 0.1) is 23.3 Å². The number of hydrogen-bond donors (Lipinski definition) is 0. The van der Waals surface area contributed by atoms with E-state index in [1.165, 1.54) is 12.1 Å². The van der Waals surface area contributed by atoms with Gasteiger partial charge < -0.3 is 0 Å². The molecule has 1 fully saturated rings. The van der Waals surface area contributed by atoms with Crippen molar-refractivity contribution in [1.82, 2.24) is 14.5 Å². The lowest BCUT2D eigenvalue weighted by Crippen LogP contribution is -2.23. The van der Waals surface area contributed by atoms with Gasteiger partial charge in [0.25, 0.3) is 5.56 Å². The minimum atomic E-state index is -2.34. The molecule has 0 radical (unpaired) electrons. The second-order valence-electron chi connectivity index (χ2n) is 9.76. The first-order valence-corrected chi connectivity index (χ1v) is 14.5. The average molecular weight is 537 g/mol. The van der Waals surface area contributed by atoms with E-state index >= 15 is 0 Å². The second-order valence-corrected chi connectivity index (χ2v) is 12.7. The van der Waals surface area contributed by atoms with Crippen LogP contribution in [0.15, 0.2) is 70.2 Å². The molecule has 0 N–H and O–H groups in total. The van der Waals surface area contributed by atoms with Crippen molar-refractivity contribution in [3.05, 3.63) is 105 Å². The molecular formula is C28H26ClFN4O2S. The molecule has 2 atom stereocenters. The molecule has 0 aliphatic heterocycles. The summed E-state index contributed by atoms with van der Waals surface area (Å²) in [6.45, 7) is 3.77. The van der Waals surface area contributed by atoms with Crippen LogP contribution in [0.5, 0.6) is 0 Å². The smallest absolute Gasteiger partial charge is 0.274 e. The topological polar surface area (TPSA) is 77.2 Å². The molecule has 1 aliphatic carbocycles. The van der Waals surface area contributed by atoms with Gasteiger partial charge in [-0.05, 0) is 79.1 Å². The van der Waals surface area contributed by atoms with Gasteiger partial charge in [-0.25, -0.2) is 8.60 Å². The Bertz CT molecular complexity index is 1700. The normalized spacial score (nSPS) is 17.0. The first-order chi connectivity index (χ1) is 17.5. The lowest BCUT2D eigenvalue weighted by atomic mass is 10.0. The van der Waals surface area contributed by atoms with Gasteiger partial charge in [-0.15, -0.1) is 0 Å². The number of aryl methyl sites for hydroxylation is 2. The fraction of sp³-hybridized carbons (Fsp3) is 0.250. The van der Waals surface area contributed by atoms with E-state index in [1.807, 2.05) is 26.0 Å². The van der Waals surface area contributed by atoms with Crippen LogP contribution < -0.4 is 5.56 Å². The Morgan fingerprint density at radius 3 is 2.49 bits per heavy atom. The highest BCUT2D eigenvalue weighted by Crippen LogP contribution is 2.55. The van der Waals surface area contributed by atoms with Gasteiger partial charge >= 0.3 is 0 Å². The molecule has 190 valence electrons. The molecule has 4 aromatic rings. The first-order valence-electron chi connectivity index (χ1n) is 11.8. The third-order valence-corrected chi connectivity index (χ3v) is 7.54. The molecule has 9 heteroatoms. The van der Waals surface area contributed by atoms with E-state index < -0.39 is 9.73 Å². The van der Waals surface area contributed by atoms with E-state index in [0.717, 1.165) is 28.8 Å². The number of benzene rings is 1. The minimum Gasteiger partial charge on any atom is -0.280 e. The SMILES string of the molecule is Cc1cnc(-c2cncc(N=S(C)(C)=O)c2)cc1-n1c(C)cc([C@H]2C[C@@H]2c2ccc(F)cc2)c(Cl)c1=O. The largest absolute Gasteiger partial charge is 0.280 e. The van der Waals surface area contributed by atoms with E-state index in [9.17, 15) is 13.4 Å². The summed E-state index contributed by atoms with van der Waals surface area (Å²) in [6.07, 6.45) is 8.90. The first kappa shape index (κ1) is 25.3. The van der Waals surface area contributed by atoms with Crippen molar-refractivity contribution in [2.75, 3.05) is 12.5 Å². The molecule has 6 nitrogen and oxygen atoms in total. The molecule has 1 aliphatic rings. The van der Waals surface area contributed by atoms with Gasteiger partial charge in [0.15, 0.2) is 0 Å². The molecule has 0 spiro atoms. The number of aromatic nitrogens is 3. The minimum absolute atomic E-state index is 0.123. The Labute approximate surface area is 220 Å². The van der Waals surface area contributed by atoms with Crippen molar-refractivity contribution in [2.45, 2.75) is 32.1 Å². The maximum absolute atomic E-state index is 13.5. The van der Waals surface area contributed by atoms with E-state index in [2.05, 4.69) is 14.3 Å². The van der Waals surface area contributed by atoms with Gasteiger partial charge in [0.2, 0.25) is 0 Å². The third kappa shape index (κ3) is 5.22. The molecule has 1 saturated carbocycles. The molecule has 0 amide bonds. The Kier molecular flexibility index (Phi) is 6.50. The van der Waals surface area contributed by atoms with E-state index in [-0.39, 0.29) is 28.2 Å². The van der Waals surface area contributed by atoms with Crippen LogP contribution in [0, 0.1) is 19.7 Å². The Morgan fingerprint density at radius 2 is 1.78 bits per heavy atom. The van der Waals surface area contributed by atoms with Gasteiger partial charge in [-0.2, -0.15) is 4.36 Å².